The number of nitrogens with zero attached hydrogens (tertiary/aromatic N) is 2. The lowest BCUT2D eigenvalue weighted by atomic mass is 10.1. The van der Waals surface area contributed by atoms with Gasteiger partial charge in [-0.2, -0.15) is 26.3 Å². The number of hydrogen-bond acceptors (Lipinski definition) is 6. The molecule has 0 bridgehead atoms. The number of nitrogens with one attached hydrogen (secondary N) is 1. The predicted octanol–water partition coefficient (Wildman–Crippen LogP) is 3.75. The van der Waals surface area contributed by atoms with Gasteiger partial charge >= 0.3 is 12.4 Å². The molecule has 1 aromatic heterocycles. The fourth-order valence-corrected chi connectivity index (χ4v) is 4.59. The van der Waals surface area contributed by atoms with Crippen molar-refractivity contribution in [2.75, 3.05) is 6.61 Å². The van der Waals surface area contributed by atoms with Crippen LogP contribution in [0, 0.1) is 0 Å². The average Bonchev–Trinajstić information content (AvgIpc) is 3.08. The highest BCUT2D eigenvalue weighted by molar-refractivity contribution is 8.06. The van der Waals surface area contributed by atoms with Gasteiger partial charge in [-0.25, -0.2) is 8.42 Å². The monoisotopic (exact) mass is 437 g/mol. The summed E-state index contributed by atoms with van der Waals surface area (Å²) in [4.78, 5) is 4.95. The molecule has 28 heavy (non-hydrogen) atoms. The first-order valence-electron chi connectivity index (χ1n) is 7.92. The van der Waals surface area contributed by atoms with Crippen LogP contribution in [0.3, 0.4) is 0 Å². The molecule has 0 amide bonds. The van der Waals surface area contributed by atoms with E-state index in [1.807, 2.05) is 0 Å². The first-order valence-corrected chi connectivity index (χ1v) is 9.47. The molecule has 0 spiro atoms. The molecule has 2 heterocycles. The quantitative estimate of drug-likeness (QED) is 0.709. The van der Waals surface area contributed by atoms with Gasteiger partial charge in [0.25, 0.3) is 0 Å². The lowest BCUT2D eigenvalue weighted by molar-refractivity contribution is -0.154. The fraction of sp³-hybridized carbons (Fsp3) is 0.714. The Morgan fingerprint density at radius 2 is 1.86 bits per heavy atom. The van der Waals surface area contributed by atoms with Crippen molar-refractivity contribution in [2.24, 2.45) is 5.16 Å². The minimum Gasteiger partial charge on any atom is -0.467 e. The highest BCUT2D eigenvalue weighted by atomic mass is 32.2. The Balaban J connectivity index is 2.54. The zero-order valence-corrected chi connectivity index (χ0v) is 15.7. The number of aromatic nitrogens is 2. The van der Waals surface area contributed by atoms with E-state index in [-0.39, 0.29) is 6.42 Å². The Hall–Kier alpha value is -1.99. The number of H-pyrrole nitrogens is 1. The third kappa shape index (κ3) is 4.70. The van der Waals surface area contributed by atoms with E-state index in [1.165, 1.54) is 20.8 Å². The first kappa shape index (κ1) is 22.3. The van der Waals surface area contributed by atoms with Crippen LogP contribution in [0.15, 0.2) is 5.16 Å². The van der Waals surface area contributed by atoms with E-state index in [1.54, 1.807) is 5.10 Å². The van der Waals surface area contributed by atoms with Crippen molar-refractivity contribution in [2.45, 2.75) is 56.8 Å². The highest BCUT2D eigenvalue weighted by Gasteiger charge is 2.47. The van der Waals surface area contributed by atoms with Gasteiger partial charge in [-0.3, -0.25) is 5.10 Å². The normalized spacial score (nSPS) is 18.5. The molecule has 1 aliphatic rings. The van der Waals surface area contributed by atoms with Crippen LogP contribution >= 0.6 is 0 Å². The SMILES string of the molecule is CCC(c1c(OCC(F)(F)F)n[nH]c1C(F)(F)F)S(=O)(=O)C1=NOC(C)(C)C1. The average molecular weight is 437 g/mol. The largest absolute Gasteiger partial charge is 0.467 e. The third-order valence-corrected chi connectivity index (χ3v) is 5.99. The maximum Gasteiger partial charge on any atom is 0.433 e. The standard InChI is InChI=1S/C14H17F6N3O4S/c1-4-7(28(24,25)8-5-12(2,3)27-23-8)9-10(14(18,19)20)21-22-11(9)26-6-13(15,16)17/h7H,4-6H2,1-3H3,(H,21,22). The van der Waals surface area contributed by atoms with Crippen LogP contribution in [0.2, 0.25) is 0 Å². The van der Waals surface area contributed by atoms with Gasteiger partial charge in [-0.05, 0) is 20.3 Å². The summed E-state index contributed by atoms with van der Waals surface area (Å²) in [5, 5.41) is 5.72. The van der Waals surface area contributed by atoms with Gasteiger partial charge in [-0.15, -0.1) is 5.10 Å². The molecule has 1 aliphatic heterocycles. The van der Waals surface area contributed by atoms with E-state index < -0.39 is 68.2 Å². The summed E-state index contributed by atoms with van der Waals surface area (Å²) >= 11 is 0. The van der Waals surface area contributed by atoms with Crippen molar-refractivity contribution < 1.29 is 44.3 Å². The number of aromatic amines is 1. The Kier molecular flexibility index (Phi) is 5.67. The van der Waals surface area contributed by atoms with Crippen LogP contribution < -0.4 is 4.74 Å². The number of rotatable bonds is 5. The van der Waals surface area contributed by atoms with Crippen LogP contribution in [0.5, 0.6) is 5.88 Å². The molecular formula is C14H17F6N3O4S. The van der Waals surface area contributed by atoms with Gasteiger partial charge in [0.2, 0.25) is 15.7 Å². The second-order valence-electron chi connectivity index (χ2n) is 6.67. The van der Waals surface area contributed by atoms with Crippen LogP contribution in [0.1, 0.15) is 50.1 Å². The van der Waals surface area contributed by atoms with E-state index in [9.17, 15) is 34.8 Å². The van der Waals surface area contributed by atoms with Gasteiger partial charge in [0.1, 0.15) is 11.3 Å². The molecule has 1 aromatic rings. The lowest BCUT2D eigenvalue weighted by Crippen LogP contribution is -2.27. The van der Waals surface area contributed by atoms with Crippen molar-refractivity contribution in [1.82, 2.24) is 10.2 Å². The second-order valence-corrected chi connectivity index (χ2v) is 8.80. The maximum absolute atomic E-state index is 13.3. The zero-order valence-electron chi connectivity index (χ0n) is 14.9. The smallest absolute Gasteiger partial charge is 0.433 e. The van der Waals surface area contributed by atoms with E-state index in [0.717, 1.165) is 0 Å². The number of oxime groups is 1. The molecule has 0 aliphatic carbocycles. The van der Waals surface area contributed by atoms with Crippen molar-refractivity contribution in [3.63, 3.8) is 0 Å². The van der Waals surface area contributed by atoms with Crippen LogP contribution in [0.4, 0.5) is 26.3 Å². The molecule has 0 fully saturated rings. The molecular weight excluding hydrogens is 420 g/mol. The summed E-state index contributed by atoms with van der Waals surface area (Å²) in [5.74, 6) is -1.08. The van der Waals surface area contributed by atoms with E-state index in [2.05, 4.69) is 15.0 Å². The molecule has 0 aromatic carbocycles. The Morgan fingerprint density at radius 1 is 1.25 bits per heavy atom. The predicted molar refractivity (Wildman–Crippen MR) is 84.3 cm³/mol. The molecule has 7 nitrogen and oxygen atoms in total. The third-order valence-electron chi connectivity index (χ3n) is 3.79. The summed E-state index contributed by atoms with van der Waals surface area (Å²) in [6, 6.07) is 0. The number of sulfone groups is 1. The summed E-state index contributed by atoms with van der Waals surface area (Å²) in [6.07, 6.45) is -10.6. The van der Waals surface area contributed by atoms with Crippen molar-refractivity contribution in [3.8, 4) is 5.88 Å². The fourth-order valence-electron chi connectivity index (χ4n) is 2.61. The lowest BCUT2D eigenvalue weighted by Gasteiger charge is -2.19. The zero-order chi connectivity index (χ0) is 21.5. The topological polar surface area (TPSA) is 93.6 Å². The molecule has 160 valence electrons. The van der Waals surface area contributed by atoms with Crippen molar-refractivity contribution in [1.29, 1.82) is 0 Å². The molecule has 0 saturated carbocycles. The Morgan fingerprint density at radius 3 is 2.29 bits per heavy atom. The van der Waals surface area contributed by atoms with Crippen LogP contribution in [-0.4, -0.2) is 42.0 Å². The number of hydrogen-bond donors (Lipinski definition) is 1. The molecule has 2 rings (SSSR count). The molecule has 0 saturated heterocycles. The van der Waals surface area contributed by atoms with Gasteiger partial charge in [0.15, 0.2) is 11.7 Å². The molecule has 0 radical (unpaired) electrons. The summed E-state index contributed by atoms with van der Waals surface area (Å²) in [6.45, 7) is 2.38. The van der Waals surface area contributed by atoms with Gasteiger partial charge in [0, 0.05) is 6.42 Å². The van der Waals surface area contributed by atoms with Crippen molar-refractivity contribution >= 4 is 14.9 Å². The molecule has 14 heteroatoms. The Labute approximate surface area is 156 Å². The number of halogens is 6. The van der Waals surface area contributed by atoms with Crippen LogP contribution in [-0.2, 0) is 20.9 Å². The van der Waals surface area contributed by atoms with Crippen molar-refractivity contribution in [3.05, 3.63) is 11.3 Å². The van der Waals surface area contributed by atoms with E-state index in [4.69, 9.17) is 4.84 Å². The summed E-state index contributed by atoms with van der Waals surface area (Å²) in [7, 11) is -4.50. The first-order chi connectivity index (χ1) is 12.6. The second kappa shape index (κ2) is 7.12. The van der Waals surface area contributed by atoms with E-state index >= 15 is 0 Å². The minimum atomic E-state index is -5.10. The van der Waals surface area contributed by atoms with Gasteiger partial charge in [-0.1, -0.05) is 12.1 Å². The maximum atomic E-state index is 13.3. The minimum absolute atomic E-state index is 0.205. The van der Waals surface area contributed by atoms with Crippen LogP contribution in [0.25, 0.3) is 0 Å². The van der Waals surface area contributed by atoms with Gasteiger partial charge in [0.05, 0.1) is 10.8 Å². The highest BCUT2D eigenvalue weighted by Crippen LogP contribution is 2.43. The molecule has 1 unspecified atom stereocenters. The summed E-state index contributed by atoms with van der Waals surface area (Å²) < 4.78 is 107. The Bertz CT molecular complexity index is 857. The number of alkyl halides is 6. The van der Waals surface area contributed by atoms with E-state index in [0.29, 0.717) is 0 Å². The van der Waals surface area contributed by atoms with Gasteiger partial charge < -0.3 is 9.57 Å². The number of ether oxygens (including phenoxy) is 1. The molecule has 1 N–H and O–H groups in total. The summed E-state index contributed by atoms with van der Waals surface area (Å²) in [5.41, 5.74) is -3.61. The molecule has 1 atom stereocenters.